The van der Waals surface area contributed by atoms with E-state index < -0.39 is 5.41 Å². The monoisotopic (exact) mass is 765 g/mol. The van der Waals surface area contributed by atoms with Crippen molar-refractivity contribution in [1.29, 1.82) is 0 Å². The summed E-state index contributed by atoms with van der Waals surface area (Å²) in [7, 11) is 0. The third-order valence-corrected chi connectivity index (χ3v) is 9.19. The molecule has 0 spiro atoms. The van der Waals surface area contributed by atoms with Crippen molar-refractivity contribution in [3.05, 3.63) is 192 Å². The van der Waals surface area contributed by atoms with Gasteiger partial charge in [-0.25, -0.2) is 0 Å². The van der Waals surface area contributed by atoms with Crippen LogP contribution in [0, 0.1) is 12.1 Å². The molecule has 0 unspecified atom stereocenters. The summed E-state index contributed by atoms with van der Waals surface area (Å²) >= 11 is 0. The maximum atomic E-state index is 4.88. The van der Waals surface area contributed by atoms with Gasteiger partial charge in [0.2, 0.25) is 0 Å². The first kappa shape index (κ1) is 28.3. The number of pyridine rings is 2. The minimum atomic E-state index is -0.665. The van der Waals surface area contributed by atoms with Crippen LogP contribution in [-0.4, -0.2) is 9.97 Å². The Kier molecular flexibility index (Phi) is 6.97. The fourth-order valence-electron chi connectivity index (χ4n) is 7.28. The Hall–Kier alpha value is -5.17. The molecule has 1 aliphatic carbocycles. The van der Waals surface area contributed by atoms with Gasteiger partial charge in [-0.3, -0.25) is 0 Å². The molecule has 0 fully saturated rings. The first-order chi connectivity index (χ1) is 22.3. The smallest absolute Gasteiger partial charge is 0.305 e. The van der Waals surface area contributed by atoms with Crippen LogP contribution in [0.15, 0.2) is 158 Å². The summed E-state index contributed by atoms with van der Waals surface area (Å²) in [5, 5.41) is 4.56. The zero-order valence-corrected chi connectivity index (χ0v) is 27.0. The Balaban J connectivity index is 0.00000312. The molecule has 0 saturated heterocycles. The topological polar surface area (TPSA) is 25.8 Å². The molecule has 2 heterocycles. The largest absolute Gasteiger partial charge is 2.00 e. The van der Waals surface area contributed by atoms with E-state index in [2.05, 4.69) is 146 Å². The first-order valence-corrected chi connectivity index (χ1v) is 15.3. The van der Waals surface area contributed by atoms with Crippen molar-refractivity contribution in [2.45, 2.75) is 5.41 Å². The number of hydrogen-bond acceptors (Lipinski definition) is 2. The summed E-state index contributed by atoms with van der Waals surface area (Å²) in [5.74, 6) is 0. The molecule has 0 bridgehead atoms. The van der Waals surface area contributed by atoms with Gasteiger partial charge in [-0.05, 0) is 56.5 Å². The van der Waals surface area contributed by atoms with E-state index >= 15 is 0 Å². The number of rotatable bonds is 4. The van der Waals surface area contributed by atoms with E-state index in [9.17, 15) is 0 Å². The van der Waals surface area contributed by atoms with E-state index in [4.69, 9.17) is 9.97 Å². The van der Waals surface area contributed by atoms with Gasteiger partial charge in [0.05, 0.1) is 0 Å². The minimum absolute atomic E-state index is 0. The average molecular weight is 766 g/mol. The molecule has 0 atom stereocenters. The van der Waals surface area contributed by atoms with Crippen molar-refractivity contribution < 1.29 is 21.1 Å². The molecule has 2 nitrogen and oxygen atoms in total. The van der Waals surface area contributed by atoms with Gasteiger partial charge in [-0.15, -0.1) is 64.0 Å². The van der Waals surface area contributed by atoms with Crippen molar-refractivity contribution in [3.63, 3.8) is 0 Å². The Morgan fingerprint density at radius 2 is 1.15 bits per heavy atom. The minimum Gasteiger partial charge on any atom is -0.305 e. The standard InChI is InChI=1S/C43H26N2.Pt/c1-4-17-35-29(12-1)23-25-45-42(35)31-14-11-15-32(27-31)43(39-20-7-5-18-36(39)37-19-6-8-21-40(37)43)33-26-30-13-2-3-16-34(30)38(28-33)41-22-9-10-24-44-41;/h1-26H;/q-2;+2. The van der Waals surface area contributed by atoms with Crippen LogP contribution < -0.4 is 0 Å². The second-order valence-electron chi connectivity index (χ2n) is 11.6. The van der Waals surface area contributed by atoms with Crippen LogP contribution >= 0.6 is 0 Å². The summed E-state index contributed by atoms with van der Waals surface area (Å²) in [6.45, 7) is 0. The predicted molar refractivity (Wildman–Crippen MR) is 183 cm³/mol. The Morgan fingerprint density at radius 1 is 0.478 bits per heavy atom. The van der Waals surface area contributed by atoms with Crippen LogP contribution in [0.25, 0.3) is 55.2 Å². The van der Waals surface area contributed by atoms with E-state index in [0.717, 1.165) is 55.2 Å². The maximum absolute atomic E-state index is 4.88. The predicted octanol–water partition coefficient (Wildman–Crippen LogP) is 10.1. The molecule has 8 aromatic rings. The van der Waals surface area contributed by atoms with Gasteiger partial charge >= 0.3 is 21.1 Å². The van der Waals surface area contributed by atoms with E-state index in [1.54, 1.807) is 0 Å². The van der Waals surface area contributed by atoms with Gasteiger partial charge in [-0.2, -0.15) is 0 Å². The molecule has 3 heteroatoms. The molecule has 6 aromatic carbocycles. The molecule has 0 aliphatic heterocycles. The second kappa shape index (κ2) is 11.3. The molecule has 0 amide bonds. The van der Waals surface area contributed by atoms with Gasteiger partial charge in [0.25, 0.3) is 0 Å². The van der Waals surface area contributed by atoms with Gasteiger partial charge in [-0.1, -0.05) is 115 Å². The van der Waals surface area contributed by atoms with Gasteiger partial charge in [0.1, 0.15) is 0 Å². The second-order valence-corrected chi connectivity index (χ2v) is 11.6. The summed E-state index contributed by atoms with van der Waals surface area (Å²) in [6, 6.07) is 59.4. The van der Waals surface area contributed by atoms with Crippen LogP contribution in [0.3, 0.4) is 0 Å². The fraction of sp³-hybridized carbons (Fsp3) is 0.0233. The Bertz CT molecular complexity index is 2350. The van der Waals surface area contributed by atoms with Crippen LogP contribution in [0.4, 0.5) is 0 Å². The quantitative estimate of drug-likeness (QED) is 0.167. The molecular formula is C43H26N2Pt. The first-order valence-electron chi connectivity index (χ1n) is 15.3. The van der Waals surface area contributed by atoms with Crippen molar-refractivity contribution in [1.82, 2.24) is 9.97 Å². The zero-order valence-electron chi connectivity index (χ0n) is 24.7. The van der Waals surface area contributed by atoms with Crippen LogP contribution in [0.5, 0.6) is 0 Å². The average Bonchev–Trinajstić information content (AvgIpc) is 3.42. The van der Waals surface area contributed by atoms with Gasteiger partial charge in [0.15, 0.2) is 0 Å². The van der Waals surface area contributed by atoms with Crippen molar-refractivity contribution >= 4 is 21.5 Å². The summed E-state index contributed by atoms with van der Waals surface area (Å²) in [6.07, 6.45) is 3.75. The number of hydrogen-bond donors (Lipinski definition) is 0. The van der Waals surface area contributed by atoms with E-state index in [1.807, 2.05) is 24.5 Å². The van der Waals surface area contributed by atoms with Crippen LogP contribution in [0.2, 0.25) is 0 Å². The molecule has 218 valence electrons. The fourth-order valence-corrected chi connectivity index (χ4v) is 7.28. The number of fused-ring (bicyclic) bond motifs is 5. The number of aromatic nitrogens is 2. The SMILES string of the molecule is [Pt+2].[c-]1c(-c2nccc3ccccc23)cccc1C1(c2[c-]c(-c3ccccn3)c3ccccc3c2)c2ccccc2-c2ccccc21. The normalized spacial score (nSPS) is 12.8. The molecule has 0 N–H and O–H groups in total. The summed E-state index contributed by atoms with van der Waals surface area (Å²) in [5.41, 5.74) is 10.2. The van der Waals surface area contributed by atoms with Crippen molar-refractivity contribution in [2.24, 2.45) is 0 Å². The van der Waals surface area contributed by atoms with Gasteiger partial charge in [0, 0.05) is 17.8 Å². The molecule has 2 aromatic heterocycles. The molecule has 0 saturated carbocycles. The zero-order chi connectivity index (χ0) is 29.8. The maximum Gasteiger partial charge on any atom is 2.00 e. The molecule has 9 rings (SSSR count). The Morgan fingerprint density at radius 3 is 1.91 bits per heavy atom. The molecule has 1 aliphatic rings. The number of nitrogens with zero attached hydrogens (tertiary/aromatic N) is 2. The molecular weight excluding hydrogens is 740 g/mol. The summed E-state index contributed by atoms with van der Waals surface area (Å²) in [4.78, 5) is 9.66. The van der Waals surface area contributed by atoms with E-state index in [0.29, 0.717) is 0 Å². The molecule has 46 heavy (non-hydrogen) atoms. The summed E-state index contributed by atoms with van der Waals surface area (Å²) < 4.78 is 0. The van der Waals surface area contributed by atoms with Crippen LogP contribution in [0.1, 0.15) is 22.3 Å². The van der Waals surface area contributed by atoms with Crippen LogP contribution in [-0.2, 0) is 26.5 Å². The van der Waals surface area contributed by atoms with Gasteiger partial charge < -0.3 is 9.97 Å². The van der Waals surface area contributed by atoms with Crippen molar-refractivity contribution in [2.75, 3.05) is 0 Å². The van der Waals surface area contributed by atoms with Crippen molar-refractivity contribution in [3.8, 4) is 33.6 Å². The third kappa shape index (κ3) is 4.21. The molecule has 0 radical (unpaired) electrons. The van der Waals surface area contributed by atoms with E-state index in [-0.39, 0.29) is 21.1 Å². The number of benzene rings is 6. The Labute approximate surface area is 282 Å². The third-order valence-electron chi connectivity index (χ3n) is 9.19. The van der Waals surface area contributed by atoms with E-state index in [1.165, 1.54) is 22.3 Å².